The summed E-state index contributed by atoms with van der Waals surface area (Å²) in [4.78, 5) is 11.7. The maximum absolute atomic E-state index is 11.7. The maximum Gasteiger partial charge on any atom is 0.165 e. The van der Waals surface area contributed by atoms with Gasteiger partial charge in [0, 0.05) is 6.42 Å². The highest BCUT2D eigenvalue weighted by molar-refractivity contribution is 7.07. The summed E-state index contributed by atoms with van der Waals surface area (Å²) >= 11 is 1.63. The second kappa shape index (κ2) is 4.24. The molecule has 1 aliphatic heterocycles. The Morgan fingerprint density at radius 2 is 2.50 bits per heavy atom. The molecule has 0 bridgehead atoms. The molecule has 76 valence electrons. The summed E-state index contributed by atoms with van der Waals surface area (Å²) in [6.45, 7) is 2.03. The second-order valence-corrected chi connectivity index (χ2v) is 4.57. The van der Waals surface area contributed by atoms with Crippen LogP contribution in [0.1, 0.15) is 25.3 Å². The lowest BCUT2D eigenvalue weighted by molar-refractivity contribution is -0.128. The topological polar surface area (TPSA) is 26.3 Å². The molecule has 0 spiro atoms. The zero-order valence-corrected chi connectivity index (χ0v) is 9.05. The summed E-state index contributed by atoms with van der Waals surface area (Å²) < 4.78 is 5.53. The Morgan fingerprint density at radius 1 is 1.64 bits per heavy atom. The molecule has 0 N–H and O–H groups in total. The zero-order chi connectivity index (χ0) is 9.97. The van der Waals surface area contributed by atoms with Gasteiger partial charge in [-0.05, 0) is 42.2 Å². The molecule has 3 heteroatoms. The third-order valence-electron chi connectivity index (χ3n) is 2.55. The molecule has 2 unspecified atom stereocenters. The van der Waals surface area contributed by atoms with E-state index in [1.165, 1.54) is 0 Å². The summed E-state index contributed by atoms with van der Waals surface area (Å²) in [5, 5.41) is 4.02. The summed E-state index contributed by atoms with van der Waals surface area (Å²) in [6.07, 6.45) is 2.54. The van der Waals surface area contributed by atoms with Crippen molar-refractivity contribution in [2.75, 3.05) is 0 Å². The third-order valence-corrected chi connectivity index (χ3v) is 3.28. The number of hydrogen-bond acceptors (Lipinski definition) is 3. The molecular weight excluding hydrogens is 196 g/mol. The molecule has 2 rings (SSSR count). The van der Waals surface area contributed by atoms with Crippen LogP contribution >= 0.6 is 11.3 Å². The first-order valence-electron chi connectivity index (χ1n) is 4.95. The highest BCUT2D eigenvalue weighted by atomic mass is 32.1. The van der Waals surface area contributed by atoms with Crippen molar-refractivity contribution in [3.05, 3.63) is 22.4 Å². The average Bonchev–Trinajstić information content (AvgIpc) is 2.75. The molecule has 1 saturated heterocycles. The van der Waals surface area contributed by atoms with Crippen LogP contribution in [0.15, 0.2) is 16.8 Å². The Bertz CT molecular complexity index is 305. The van der Waals surface area contributed by atoms with Crippen molar-refractivity contribution in [1.29, 1.82) is 0 Å². The molecule has 1 fully saturated rings. The van der Waals surface area contributed by atoms with Crippen LogP contribution in [0.25, 0.3) is 0 Å². The third kappa shape index (κ3) is 2.22. The lowest BCUT2D eigenvalue weighted by atomic mass is 10.1. The minimum atomic E-state index is -0.148. The van der Waals surface area contributed by atoms with Crippen molar-refractivity contribution in [3.63, 3.8) is 0 Å². The van der Waals surface area contributed by atoms with Gasteiger partial charge in [0.1, 0.15) is 6.10 Å². The van der Waals surface area contributed by atoms with Gasteiger partial charge in [-0.25, -0.2) is 0 Å². The van der Waals surface area contributed by atoms with Crippen LogP contribution in [0.3, 0.4) is 0 Å². The number of Topliss-reactive ketones (excluding diaryl/α,β-unsaturated/α-hetero) is 1. The van der Waals surface area contributed by atoms with Crippen molar-refractivity contribution in [2.45, 2.75) is 38.4 Å². The van der Waals surface area contributed by atoms with Crippen LogP contribution in [0.2, 0.25) is 0 Å². The first kappa shape index (κ1) is 9.87. The van der Waals surface area contributed by atoms with Gasteiger partial charge in [-0.1, -0.05) is 0 Å². The molecule has 1 aromatic heterocycles. The lowest BCUT2D eigenvalue weighted by Crippen LogP contribution is -2.22. The van der Waals surface area contributed by atoms with Gasteiger partial charge >= 0.3 is 0 Å². The first-order chi connectivity index (χ1) is 6.75. The zero-order valence-electron chi connectivity index (χ0n) is 8.23. The number of ether oxygens (including phenoxy) is 1. The SMILES string of the molecule is CC1CCC(C(=O)Cc2ccsc2)O1. The van der Waals surface area contributed by atoms with Crippen LogP contribution in [-0.2, 0) is 16.0 Å². The number of hydrogen-bond donors (Lipinski definition) is 0. The molecule has 0 aliphatic carbocycles. The van der Waals surface area contributed by atoms with E-state index in [0.717, 1.165) is 18.4 Å². The molecule has 14 heavy (non-hydrogen) atoms. The van der Waals surface area contributed by atoms with E-state index < -0.39 is 0 Å². The van der Waals surface area contributed by atoms with Crippen molar-refractivity contribution in [2.24, 2.45) is 0 Å². The quantitative estimate of drug-likeness (QED) is 0.766. The highest BCUT2D eigenvalue weighted by Gasteiger charge is 2.27. The molecule has 0 saturated carbocycles. The van der Waals surface area contributed by atoms with Gasteiger partial charge in [0.25, 0.3) is 0 Å². The molecule has 1 aliphatic rings. The van der Waals surface area contributed by atoms with E-state index in [9.17, 15) is 4.79 Å². The highest BCUT2D eigenvalue weighted by Crippen LogP contribution is 2.21. The van der Waals surface area contributed by atoms with E-state index in [4.69, 9.17) is 4.74 Å². The Morgan fingerprint density at radius 3 is 3.07 bits per heavy atom. The molecule has 2 nitrogen and oxygen atoms in total. The Hall–Kier alpha value is -0.670. The smallest absolute Gasteiger partial charge is 0.165 e. The van der Waals surface area contributed by atoms with Crippen LogP contribution in [0.5, 0.6) is 0 Å². The maximum atomic E-state index is 11.7. The van der Waals surface area contributed by atoms with Gasteiger partial charge in [-0.2, -0.15) is 11.3 Å². The second-order valence-electron chi connectivity index (χ2n) is 3.79. The summed E-state index contributed by atoms with van der Waals surface area (Å²) in [5.74, 6) is 0.229. The molecule has 0 amide bonds. The summed E-state index contributed by atoms with van der Waals surface area (Å²) in [6, 6.07) is 2.00. The minimum Gasteiger partial charge on any atom is -0.367 e. The Kier molecular flexibility index (Phi) is 2.99. The number of carbonyl (C=O) groups excluding carboxylic acids is 1. The standard InChI is InChI=1S/C11H14O2S/c1-8-2-3-11(13-8)10(12)6-9-4-5-14-7-9/h4-5,7-8,11H,2-3,6H2,1H3. The fourth-order valence-corrected chi connectivity index (χ4v) is 2.42. The molecule has 0 radical (unpaired) electrons. The van der Waals surface area contributed by atoms with E-state index >= 15 is 0 Å². The molecule has 0 aromatic carbocycles. The summed E-state index contributed by atoms with van der Waals surface area (Å²) in [5.41, 5.74) is 1.11. The van der Waals surface area contributed by atoms with Crippen molar-refractivity contribution < 1.29 is 9.53 Å². The first-order valence-corrected chi connectivity index (χ1v) is 5.89. The molecule has 2 heterocycles. The van der Waals surface area contributed by atoms with Crippen LogP contribution in [0.4, 0.5) is 0 Å². The van der Waals surface area contributed by atoms with Gasteiger partial charge in [0.2, 0.25) is 0 Å². The van der Waals surface area contributed by atoms with Crippen LogP contribution in [-0.4, -0.2) is 18.0 Å². The van der Waals surface area contributed by atoms with E-state index in [2.05, 4.69) is 0 Å². The molecule has 2 atom stereocenters. The van der Waals surface area contributed by atoms with Crippen LogP contribution in [0, 0.1) is 0 Å². The van der Waals surface area contributed by atoms with E-state index in [0.29, 0.717) is 6.42 Å². The van der Waals surface area contributed by atoms with Crippen molar-refractivity contribution >= 4 is 17.1 Å². The van der Waals surface area contributed by atoms with Crippen molar-refractivity contribution in [1.82, 2.24) is 0 Å². The number of rotatable bonds is 3. The number of thiophene rings is 1. The predicted molar refractivity (Wildman–Crippen MR) is 56.6 cm³/mol. The lowest BCUT2D eigenvalue weighted by Gasteiger charge is -2.08. The predicted octanol–water partition coefficient (Wildman–Crippen LogP) is 2.43. The summed E-state index contributed by atoms with van der Waals surface area (Å²) in [7, 11) is 0. The van der Waals surface area contributed by atoms with Gasteiger partial charge < -0.3 is 4.74 Å². The van der Waals surface area contributed by atoms with Gasteiger partial charge in [0.05, 0.1) is 6.10 Å². The Balaban J connectivity index is 1.90. The number of carbonyl (C=O) groups is 1. The van der Waals surface area contributed by atoms with E-state index in [-0.39, 0.29) is 18.0 Å². The van der Waals surface area contributed by atoms with Gasteiger partial charge in [-0.3, -0.25) is 4.79 Å². The van der Waals surface area contributed by atoms with Crippen LogP contribution < -0.4 is 0 Å². The molecular formula is C11H14O2S. The number of ketones is 1. The Labute approximate surface area is 87.9 Å². The van der Waals surface area contributed by atoms with E-state index in [1.807, 2.05) is 23.8 Å². The molecule has 1 aromatic rings. The average molecular weight is 210 g/mol. The van der Waals surface area contributed by atoms with Gasteiger partial charge in [-0.15, -0.1) is 0 Å². The largest absolute Gasteiger partial charge is 0.367 e. The fourth-order valence-electron chi connectivity index (χ4n) is 1.75. The van der Waals surface area contributed by atoms with E-state index in [1.54, 1.807) is 11.3 Å². The monoisotopic (exact) mass is 210 g/mol. The van der Waals surface area contributed by atoms with Crippen molar-refractivity contribution in [3.8, 4) is 0 Å². The minimum absolute atomic E-state index is 0.148. The normalized spacial score (nSPS) is 26.6. The van der Waals surface area contributed by atoms with Gasteiger partial charge in [0.15, 0.2) is 5.78 Å². The fraction of sp³-hybridized carbons (Fsp3) is 0.545.